The number of hydrogen-bond acceptors (Lipinski definition) is 4. The Kier molecular flexibility index (Phi) is 5.30. The SMILES string of the molecule is CCCS(=O)(=O)NC(=O)C(N)Cc1ccccc1. The van der Waals surface area contributed by atoms with E-state index in [1.807, 2.05) is 35.1 Å². The molecule has 1 unspecified atom stereocenters. The van der Waals surface area contributed by atoms with Crippen LogP contribution < -0.4 is 10.5 Å². The standard InChI is InChI=1S/C12H18N2O3S/c1-2-8-18(16,17)14-12(15)11(13)9-10-6-4-3-5-7-10/h3-7,11H,2,8-9,13H2,1H3,(H,14,15). The monoisotopic (exact) mass is 270 g/mol. The Morgan fingerprint density at radius 3 is 2.50 bits per heavy atom. The highest BCUT2D eigenvalue weighted by atomic mass is 32.2. The lowest BCUT2D eigenvalue weighted by Gasteiger charge is -2.12. The van der Waals surface area contributed by atoms with Crippen molar-refractivity contribution in [3.8, 4) is 0 Å². The largest absolute Gasteiger partial charge is 0.320 e. The first-order valence-corrected chi connectivity index (χ1v) is 7.43. The summed E-state index contributed by atoms with van der Waals surface area (Å²) in [4.78, 5) is 11.6. The molecule has 0 aliphatic heterocycles. The Balaban J connectivity index is 2.57. The van der Waals surface area contributed by atoms with Gasteiger partial charge in [0.25, 0.3) is 5.91 Å². The second kappa shape index (κ2) is 6.51. The molecule has 5 nitrogen and oxygen atoms in total. The molecule has 0 aliphatic carbocycles. The minimum atomic E-state index is -3.55. The van der Waals surface area contributed by atoms with Crippen molar-refractivity contribution in [1.29, 1.82) is 0 Å². The summed E-state index contributed by atoms with van der Waals surface area (Å²) in [7, 11) is -3.55. The Morgan fingerprint density at radius 2 is 1.94 bits per heavy atom. The van der Waals surface area contributed by atoms with Gasteiger partial charge in [-0.15, -0.1) is 0 Å². The minimum absolute atomic E-state index is 0.0726. The molecular formula is C12H18N2O3S. The van der Waals surface area contributed by atoms with E-state index in [0.29, 0.717) is 12.8 Å². The highest BCUT2D eigenvalue weighted by Crippen LogP contribution is 2.02. The van der Waals surface area contributed by atoms with Crippen molar-refractivity contribution in [1.82, 2.24) is 4.72 Å². The van der Waals surface area contributed by atoms with Gasteiger partial charge in [-0.1, -0.05) is 37.3 Å². The highest BCUT2D eigenvalue weighted by molar-refractivity contribution is 7.90. The quantitative estimate of drug-likeness (QED) is 0.783. The maximum absolute atomic E-state index is 11.6. The lowest BCUT2D eigenvalue weighted by Crippen LogP contribution is -2.45. The summed E-state index contributed by atoms with van der Waals surface area (Å²) in [5.74, 6) is -0.733. The zero-order valence-electron chi connectivity index (χ0n) is 10.3. The van der Waals surface area contributed by atoms with Gasteiger partial charge < -0.3 is 5.73 Å². The van der Waals surface area contributed by atoms with E-state index in [2.05, 4.69) is 0 Å². The van der Waals surface area contributed by atoms with Gasteiger partial charge >= 0.3 is 0 Å². The number of hydrogen-bond donors (Lipinski definition) is 2. The molecule has 18 heavy (non-hydrogen) atoms. The molecule has 100 valence electrons. The van der Waals surface area contributed by atoms with Gasteiger partial charge in [0.1, 0.15) is 0 Å². The molecule has 1 amide bonds. The average Bonchev–Trinajstić information content (AvgIpc) is 2.29. The topological polar surface area (TPSA) is 89.3 Å². The van der Waals surface area contributed by atoms with Crippen LogP contribution in [0.1, 0.15) is 18.9 Å². The highest BCUT2D eigenvalue weighted by Gasteiger charge is 2.19. The summed E-state index contributed by atoms with van der Waals surface area (Å²) in [5.41, 5.74) is 6.57. The number of carbonyl (C=O) groups is 1. The fraction of sp³-hybridized carbons (Fsp3) is 0.417. The Labute approximate surface area is 107 Å². The van der Waals surface area contributed by atoms with E-state index in [9.17, 15) is 13.2 Å². The first kappa shape index (κ1) is 14.7. The molecular weight excluding hydrogens is 252 g/mol. The number of carbonyl (C=O) groups excluding carboxylic acids is 1. The minimum Gasteiger partial charge on any atom is -0.320 e. The first-order chi connectivity index (χ1) is 8.44. The molecule has 1 rings (SSSR count). The Morgan fingerprint density at radius 1 is 1.33 bits per heavy atom. The number of rotatable bonds is 6. The number of benzene rings is 1. The van der Waals surface area contributed by atoms with Gasteiger partial charge in [0, 0.05) is 0 Å². The molecule has 1 atom stereocenters. The summed E-state index contributed by atoms with van der Waals surface area (Å²) in [6.45, 7) is 1.73. The van der Waals surface area contributed by atoms with Gasteiger partial charge in [-0.05, 0) is 18.4 Å². The van der Waals surface area contributed by atoms with Crippen LogP contribution in [0, 0.1) is 0 Å². The molecule has 0 aromatic heterocycles. The third-order valence-electron chi connectivity index (χ3n) is 2.36. The van der Waals surface area contributed by atoms with Crippen LogP contribution in [0.2, 0.25) is 0 Å². The summed E-state index contributed by atoms with van der Waals surface area (Å²) < 4.78 is 24.8. The maximum Gasteiger partial charge on any atom is 0.250 e. The molecule has 0 spiro atoms. The maximum atomic E-state index is 11.6. The molecule has 6 heteroatoms. The van der Waals surface area contributed by atoms with Gasteiger partial charge in [0.2, 0.25) is 10.0 Å². The van der Waals surface area contributed by atoms with E-state index >= 15 is 0 Å². The van der Waals surface area contributed by atoms with Gasteiger partial charge in [-0.25, -0.2) is 8.42 Å². The molecule has 0 bridgehead atoms. The molecule has 1 aromatic carbocycles. The van der Waals surface area contributed by atoms with Crippen LogP contribution >= 0.6 is 0 Å². The molecule has 0 saturated heterocycles. The molecule has 0 radical (unpaired) electrons. The number of nitrogens with two attached hydrogens (primary N) is 1. The average molecular weight is 270 g/mol. The van der Waals surface area contributed by atoms with Crippen molar-refractivity contribution in [2.45, 2.75) is 25.8 Å². The van der Waals surface area contributed by atoms with Gasteiger partial charge in [-0.2, -0.15) is 0 Å². The van der Waals surface area contributed by atoms with E-state index in [4.69, 9.17) is 5.73 Å². The second-order valence-electron chi connectivity index (χ2n) is 4.08. The van der Waals surface area contributed by atoms with Crippen LogP contribution in [-0.4, -0.2) is 26.1 Å². The predicted molar refractivity (Wildman–Crippen MR) is 70.3 cm³/mol. The smallest absolute Gasteiger partial charge is 0.250 e. The van der Waals surface area contributed by atoms with E-state index in [0.717, 1.165) is 5.56 Å². The molecule has 1 aromatic rings. The Hall–Kier alpha value is -1.40. The van der Waals surface area contributed by atoms with Crippen molar-refractivity contribution < 1.29 is 13.2 Å². The number of amides is 1. The van der Waals surface area contributed by atoms with Crippen LogP contribution in [0.5, 0.6) is 0 Å². The zero-order chi connectivity index (χ0) is 13.6. The third-order valence-corrected chi connectivity index (χ3v) is 3.82. The van der Waals surface area contributed by atoms with Gasteiger partial charge in [0.15, 0.2) is 0 Å². The third kappa shape index (κ3) is 4.85. The van der Waals surface area contributed by atoms with E-state index in [1.165, 1.54) is 0 Å². The van der Waals surface area contributed by atoms with Crippen molar-refractivity contribution >= 4 is 15.9 Å². The van der Waals surface area contributed by atoms with E-state index < -0.39 is 22.0 Å². The molecule has 3 N–H and O–H groups in total. The zero-order valence-corrected chi connectivity index (χ0v) is 11.1. The number of sulfonamides is 1. The summed E-state index contributed by atoms with van der Waals surface area (Å²) in [6, 6.07) is 8.36. The van der Waals surface area contributed by atoms with E-state index in [1.54, 1.807) is 6.92 Å². The van der Waals surface area contributed by atoms with Crippen LogP contribution in [-0.2, 0) is 21.2 Å². The number of nitrogens with one attached hydrogen (secondary N) is 1. The normalized spacial score (nSPS) is 13.0. The predicted octanol–water partition coefficient (Wildman–Crippen LogP) is 0.412. The fourth-order valence-electron chi connectivity index (χ4n) is 1.51. The van der Waals surface area contributed by atoms with Crippen LogP contribution in [0.4, 0.5) is 0 Å². The molecule has 0 fully saturated rings. The summed E-state index contributed by atoms with van der Waals surface area (Å²) in [5, 5.41) is 0. The van der Waals surface area contributed by atoms with Crippen molar-refractivity contribution in [3.63, 3.8) is 0 Å². The van der Waals surface area contributed by atoms with Gasteiger partial charge in [0.05, 0.1) is 11.8 Å². The van der Waals surface area contributed by atoms with Crippen LogP contribution in [0.15, 0.2) is 30.3 Å². The molecule has 0 heterocycles. The van der Waals surface area contributed by atoms with Gasteiger partial charge in [-0.3, -0.25) is 9.52 Å². The molecule has 0 aliphatic rings. The van der Waals surface area contributed by atoms with Crippen molar-refractivity contribution in [3.05, 3.63) is 35.9 Å². The summed E-state index contributed by atoms with van der Waals surface area (Å²) >= 11 is 0. The Bertz CT molecular complexity index is 485. The van der Waals surface area contributed by atoms with Crippen LogP contribution in [0.25, 0.3) is 0 Å². The van der Waals surface area contributed by atoms with E-state index in [-0.39, 0.29) is 5.75 Å². The summed E-state index contributed by atoms with van der Waals surface area (Å²) in [6.07, 6.45) is 0.769. The molecule has 0 saturated carbocycles. The second-order valence-corrected chi connectivity index (χ2v) is 5.92. The van der Waals surface area contributed by atoms with Crippen molar-refractivity contribution in [2.75, 3.05) is 5.75 Å². The fourth-order valence-corrected chi connectivity index (χ4v) is 2.61. The van der Waals surface area contributed by atoms with Crippen LogP contribution in [0.3, 0.4) is 0 Å². The lowest BCUT2D eigenvalue weighted by atomic mass is 10.1. The lowest BCUT2D eigenvalue weighted by molar-refractivity contribution is -0.120. The van der Waals surface area contributed by atoms with Crippen molar-refractivity contribution in [2.24, 2.45) is 5.73 Å². The first-order valence-electron chi connectivity index (χ1n) is 5.78.